The van der Waals surface area contributed by atoms with Crippen LogP contribution >= 0.6 is 0 Å². The van der Waals surface area contributed by atoms with Gasteiger partial charge < -0.3 is 14.5 Å². The van der Waals surface area contributed by atoms with Gasteiger partial charge in [0.05, 0.1) is 24.5 Å². The van der Waals surface area contributed by atoms with Gasteiger partial charge in [-0.05, 0) is 26.3 Å². The summed E-state index contributed by atoms with van der Waals surface area (Å²) in [7, 11) is 1.80. The first kappa shape index (κ1) is 18.3. The largest absolute Gasteiger partial charge is 0.378 e. The van der Waals surface area contributed by atoms with Crippen LogP contribution in [0.15, 0.2) is 18.5 Å². The minimum Gasteiger partial charge on any atom is -0.378 e. The Morgan fingerprint density at radius 3 is 2.54 bits per heavy atom. The minimum absolute atomic E-state index is 0.0631. The smallest absolute Gasteiger partial charge is 0.256 e. The van der Waals surface area contributed by atoms with Gasteiger partial charge >= 0.3 is 0 Å². The van der Waals surface area contributed by atoms with Crippen LogP contribution in [0.2, 0.25) is 0 Å². The lowest BCUT2D eigenvalue weighted by Crippen LogP contribution is -2.37. The van der Waals surface area contributed by atoms with E-state index in [0.29, 0.717) is 31.3 Å². The fourth-order valence-electron chi connectivity index (χ4n) is 3.04. The summed E-state index contributed by atoms with van der Waals surface area (Å²) in [5.74, 6) is 0.587. The maximum absolute atomic E-state index is 12.5. The molecule has 3 rings (SSSR count). The van der Waals surface area contributed by atoms with Crippen molar-refractivity contribution in [3.8, 4) is 0 Å². The molecule has 2 aromatic heterocycles. The monoisotopic (exact) mass is 358 g/mol. The van der Waals surface area contributed by atoms with Crippen LogP contribution in [0.5, 0.6) is 0 Å². The van der Waals surface area contributed by atoms with Gasteiger partial charge in [-0.1, -0.05) is 0 Å². The van der Waals surface area contributed by atoms with Crippen LogP contribution in [0.4, 0.5) is 5.95 Å². The summed E-state index contributed by atoms with van der Waals surface area (Å²) in [6.07, 6.45) is 4.06. The second-order valence-corrected chi connectivity index (χ2v) is 6.60. The molecule has 0 atom stereocenters. The fourth-order valence-corrected chi connectivity index (χ4v) is 3.04. The number of nitrogens with zero attached hydrogens (tertiary/aromatic N) is 6. The lowest BCUT2D eigenvalue weighted by molar-refractivity contribution is 0.0790. The highest BCUT2D eigenvalue weighted by molar-refractivity contribution is 5.93. The number of hydrogen-bond acceptors (Lipinski definition) is 6. The minimum atomic E-state index is -0.0631. The van der Waals surface area contributed by atoms with E-state index in [1.807, 2.05) is 18.5 Å². The van der Waals surface area contributed by atoms with Gasteiger partial charge in [0.1, 0.15) is 0 Å². The van der Waals surface area contributed by atoms with Crippen LogP contribution in [-0.2, 0) is 11.3 Å². The number of ether oxygens (including phenoxy) is 1. The summed E-state index contributed by atoms with van der Waals surface area (Å²) in [4.78, 5) is 25.0. The topological polar surface area (TPSA) is 76.4 Å². The molecule has 1 amide bonds. The quantitative estimate of drug-likeness (QED) is 0.774. The van der Waals surface area contributed by atoms with Gasteiger partial charge in [-0.2, -0.15) is 5.10 Å². The van der Waals surface area contributed by atoms with E-state index in [9.17, 15) is 4.79 Å². The molecule has 0 bridgehead atoms. The van der Waals surface area contributed by atoms with Gasteiger partial charge in [-0.3, -0.25) is 9.48 Å². The second-order valence-electron chi connectivity index (χ2n) is 6.60. The number of morpholine rings is 1. The molecule has 0 N–H and O–H groups in total. The zero-order chi connectivity index (χ0) is 18.5. The van der Waals surface area contributed by atoms with E-state index in [4.69, 9.17) is 4.74 Å². The van der Waals surface area contributed by atoms with Crippen LogP contribution in [0.3, 0.4) is 0 Å². The molecule has 0 spiro atoms. The SMILES string of the molecule is Cc1cc(C)n(CCCN(C)C(=O)c2cnc(N3CCOCC3)nc2)n1. The van der Waals surface area contributed by atoms with Crippen LogP contribution in [0, 0.1) is 13.8 Å². The van der Waals surface area contributed by atoms with Gasteiger partial charge in [0.2, 0.25) is 5.95 Å². The van der Waals surface area contributed by atoms with Crippen molar-refractivity contribution in [3.63, 3.8) is 0 Å². The van der Waals surface area contributed by atoms with Crippen LogP contribution < -0.4 is 4.90 Å². The van der Waals surface area contributed by atoms with Crippen LogP contribution in [0.25, 0.3) is 0 Å². The number of rotatable bonds is 6. The highest BCUT2D eigenvalue weighted by Gasteiger charge is 2.16. The molecule has 0 unspecified atom stereocenters. The second kappa shape index (κ2) is 8.27. The van der Waals surface area contributed by atoms with Gasteiger partial charge in [0, 0.05) is 51.3 Å². The summed E-state index contributed by atoms with van der Waals surface area (Å²) in [6.45, 7) is 8.40. The normalized spacial score (nSPS) is 14.5. The average molecular weight is 358 g/mol. The first-order chi connectivity index (χ1) is 12.5. The Labute approximate surface area is 153 Å². The number of aromatic nitrogens is 4. The molecule has 1 saturated heterocycles. The molecule has 0 saturated carbocycles. The van der Waals surface area contributed by atoms with Gasteiger partial charge in [-0.25, -0.2) is 9.97 Å². The van der Waals surface area contributed by atoms with Gasteiger partial charge in [0.15, 0.2) is 0 Å². The average Bonchev–Trinajstić information content (AvgIpc) is 2.99. The molecule has 1 aliphatic heterocycles. The van der Waals surface area contributed by atoms with Crippen molar-refractivity contribution in [2.24, 2.45) is 0 Å². The predicted molar refractivity (Wildman–Crippen MR) is 98.3 cm³/mol. The molecular weight excluding hydrogens is 332 g/mol. The molecule has 26 heavy (non-hydrogen) atoms. The number of carbonyl (C=O) groups excluding carboxylic acids is 1. The molecule has 0 aliphatic carbocycles. The Balaban J connectivity index is 1.51. The van der Waals surface area contributed by atoms with Gasteiger partial charge in [0.25, 0.3) is 5.91 Å². The van der Waals surface area contributed by atoms with E-state index in [0.717, 1.165) is 37.4 Å². The Kier molecular flexibility index (Phi) is 5.82. The van der Waals surface area contributed by atoms with E-state index in [2.05, 4.69) is 26.0 Å². The van der Waals surface area contributed by atoms with Gasteiger partial charge in [-0.15, -0.1) is 0 Å². The summed E-state index contributed by atoms with van der Waals surface area (Å²) in [5.41, 5.74) is 2.67. The third-order valence-corrected chi connectivity index (χ3v) is 4.49. The standard InChI is InChI=1S/C18H26N6O2/c1-14-11-15(2)24(21-14)6-4-5-22(3)17(25)16-12-19-18(20-13-16)23-7-9-26-10-8-23/h11-13H,4-10H2,1-3H3. The molecule has 2 aromatic rings. The van der Waals surface area contributed by atoms with Crippen molar-refractivity contribution in [1.82, 2.24) is 24.6 Å². The Bertz CT molecular complexity index is 737. The Morgan fingerprint density at radius 1 is 1.23 bits per heavy atom. The Morgan fingerprint density at radius 2 is 1.92 bits per heavy atom. The molecule has 0 aromatic carbocycles. The highest BCUT2D eigenvalue weighted by Crippen LogP contribution is 2.11. The lowest BCUT2D eigenvalue weighted by atomic mass is 10.3. The predicted octanol–water partition coefficient (Wildman–Crippen LogP) is 1.29. The number of hydrogen-bond donors (Lipinski definition) is 0. The van der Waals surface area contributed by atoms with Crippen molar-refractivity contribution in [2.75, 3.05) is 44.8 Å². The molecule has 3 heterocycles. The third-order valence-electron chi connectivity index (χ3n) is 4.49. The molecular formula is C18H26N6O2. The maximum atomic E-state index is 12.5. The van der Waals surface area contributed by atoms with Crippen molar-refractivity contribution >= 4 is 11.9 Å². The van der Waals surface area contributed by atoms with E-state index in [1.54, 1.807) is 24.3 Å². The lowest BCUT2D eigenvalue weighted by Gasteiger charge is -2.26. The number of anilines is 1. The molecule has 0 radical (unpaired) electrons. The van der Waals surface area contributed by atoms with Crippen molar-refractivity contribution in [1.29, 1.82) is 0 Å². The van der Waals surface area contributed by atoms with Crippen LogP contribution in [-0.4, -0.2) is 70.5 Å². The summed E-state index contributed by atoms with van der Waals surface area (Å²) < 4.78 is 7.31. The fraction of sp³-hybridized carbons (Fsp3) is 0.556. The van der Waals surface area contributed by atoms with E-state index >= 15 is 0 Å². The zero-order valence-corrected chi connectivity index (χ0v) is 15.7. The van der Waals surface area contributed by atoms with Crippen molar-refractivity contribution < 1.29 is 9.53 Å². The summed E-state index contributed by atoms with van der Waals surface area (Å²) in [6, 6.07) is 2.06. The molecule has 8 heteroatoms. The Hall–Kier alpha value is -2.48. The summed E-state index contributed by atoms with van der Waals surface area (Å²) in [5, 5.41) is 4.44. The third kappa shape index (κ3) is 4.37. The number of carbonyl (C=O) groups is 1. The van der Waals surface area contributed by atoms with E-state index < -0.39 is 0 Å². The zero-order valence-electron chi connectivity index (χ0n) is 15.7. The highest BCUT2D eigenvalue weighted by atomic mass is 16.5. The first-order valence-electron chi connectivity index (χ1n) is 8.96. The van der Waals surface area contributed by atoms with E-state index in [1.165, 1.54) is 0 Å². The van der Waals surface area contributed by atoms with Crippen LogP contribution in [0.1, 0.15) is 28.2 Å². The molecule has 1 aliphatic rings. The first-order valence-corrected chi connectivity index (χ1v) is 8.96. The number of aryl methyl sites for hydroxylation is 3. The number of amides is 1. The van der Waals surface area contributed by atoms with Crippen molar-refractivity contribution in [3.05, 3.63) is 35.4 Å². The molecule has 1 fully saturated rings. The van der Waals surface area contributed by atoms with Crippen molar-refractivity contribution in [2.45, 2.75) is 26.8 Å². The maximum Gasteiger partial charge on any atom is 0.256 e. The summed E-state index contributed by atoms with van der Waals surface area (Å²) >= 11 is 0. The van der Waals surface area contributed by atoms with E-state index in [-0.39, 0.29) is 5.91 Å². The molecule has 140 valence electrons. The molecule has 8 nitrogen and oxygen atoms in total.